The van der Waals surface area contributed by atoms with E-state index in [0.29, 0.717) is 6.54 Å². The van der Waals surface area contributed by atoms with E-state index in [9.17, 15) is 9.59 Å². The summed E-state index contributed by atoms with van der Waals surface area (Å²) in [6.45, 7) is 2.62. The Balaban J connectivity index is 2.21. The molecule has 2 aliphatic heterocycles. The van der Waals surface area contributed by atoms with Gasteiger partial charge in [-0.3, -0.25) is 0 Å². The van der Waals surface area contributed by atoms with Crippen LogP contribution in [-0.4, -0.2) is 42.7 Å². The molecule has 2 heterocycles. The van der Waals surface area contributed by atoms with E-state index in [-0.39, 0.29) is 29.0 Å². The molecule has 6 heteroatoms. The lowest BCUT2D eigenvalue weighted by molar-refractivity contribution is -0.882. The summed E-state index contributed by atoms with van der Waals surface area (Å²) in [5.41, 5.74) is 0. The largest absolute Gasteiger partial charge is 0.628 e. The summed E-state index contributed by atoms with van der Waals surface area (Å²) < 4.78 is 10.4. The molecular formula is C11H16BNO4. The second-order valence-corrected chi connectivity index (χ2v) is 4.58. The van der Waals surface area contributed by atoms with E-state index in [2.05, 4.69) is 7.05 Å². The molecule has 2 atom stereocenters. The lowest BCUT2D eigenvalue weighted by atomic mass is 9.89. The first-order valence-electron chi connectivity index (χ1n) is 5.79. The van der Waals surface area contributed by atoms with E-state index < -0.39 is 7.12 Å². The van der Waals surface area contributed by atoms with Crippen LogP contribution < -0.4 is 0 Å². The van der Waals surface area contributed by atoms with Crippen LogP contribution >= 0.6 is 0 Å². The molecule has 0 spiro atoms. The summed E-state index contributed by atoms with van der Waals surface area (Å²) in [7, 11) is 3.09. The number of rotatable bonds is 1. The minimum absolute atomic E-state index is 0.133. The van der Waals surface area contributed by atoms with Gasteiger partial charge in [-0.1, -0.05) is 6.08 Å². The zero-order valence-electron chi connectivity index (χ0n) is 9.93. The minimum Gasteiger partial charge on any atom is -0.491 e. The number of allylic oxidation sites excluding steroid dienone is 1. The van der Waals surface area contributed by atoms with Gasteiger partial charge in [0, 0.05) is 12.8 Å². The number of carbonyl (C=O) groups is 2. The minimum atomic E-state index is -0.894. The van der Waals surface area contributed by atoms with E-state index in [1.807, 2.05) is 0 Å². The molecule has 0 aromatic heterocycles. The van der Waals surface area contributed by atoms with Crippen molar-refractivity contribution in [3.8, 4) is 0 Å². The highest BCUT2D eigenvalue weighted by Crippen LogP contribution is 2.28. The van der Waals surface area contributed by atoms with Crippen molar-refractivity contribution in [2.45, 2.75) is 25.8 Å². The summed E-state index contributed by atoms with van der Waals surface area (Å²) in [5, 5.41) is 0. The quantitative estimate of drug-likeness (QED) is 0.377. The molecule has 1 unspecified atom stereocenters. The molecule has 0 aromatic rings. The molecule has 0 radical (unpaired) electrons. The van der Waals surface area contributed by atoms with Crippen molar-refractivity contribution in [1.29, 1.82) is 0 Å². The fraction of sp³-hybridized carbons (Fsp3) is 0.545. The molecule has 2 aliphatic rings. The van der Waals surface area contributed by atoms with E-state index in [4.69, 9.17) is 9.31 Å². The molecule has 0 bridgehead atoms. The van der Waals surface area contributed by atoms with E-state index in [1.165, 1.54) is 0 Å². The Morgan fingerprint density at radius 1 is 1.47 bits per heavy atom. The van der Waals surface area contributed by atoms with Crippen LogP contribution in [-0.2, 0) is 18.9 Å². The zero-order chi connectivity index (χ0) is 12.5. The SMILES string of the molecule is [CH2-][N+]12CCC[C@H]1C(=O)OB(/C=C/C)OC(=O)C2. The van der Waals surface area contributed by atoms with Crippen molar-refractivity contribution in [1.82, 2.24) is 0 Å². The van der Waals surface area contributed by atoms with Crippen molar-refractivity contribution in [3.63, 3.8) is 0 Å². The smallest absolute Gasteiger partial charge is 0.491 e. The second-order valence-electron chi connectivity index (χ2n) is 4.58. The van der Waals surface area contributed by atoms with Gasteiger partial charge in [-0.05, 0) is 12.9 Å². The summed E-state index contributed by atoms with van der Waals surface area (Å²) in [6.07, 6.45) is 3.29. The van der Waals surface area contributed by atoms with Crippen LogP contribution in [0.4, 0.5) is 0 Å². The summed E-state index contributed by atoms with van der Waals surface area (Å²) in [5.74, 6) is 0.851. The van der Waals surface area contributed by atoms with E-state index in [1.54, 1.807) is 19.0 Å². The second kappa shape index (κ2) is 4.53. The Bertz CT molecular complexity index is 370. The Morgan fingerprint density at radius 2 is 2.24 bits per heavy atom. The predicted octanol–water partition coefficient (Wildman–Crippen LogP) is 0.461. The van der Waals surface area contributed by atoms with Gasteiger partial charge in [-0.25, -0.2) is 9.59 Å². The van der Waals surface area contributed by atoms with Crippen LogP contribution in [0.2, 0.25) is 0 Å². The standard InChI is InChI=1S/C11H16BNO4/c1-3-6-12-16-10(14)8-13(2)7-4-5-9(13)11(15)17-12/h3,6,9H,2,4-5,7-8H2,1H3/b6-3+/t9-,13?/m0/s1. The van der Waals surface area contributed by atoms with Crippen molar-refractivity contribution in [3.05, 3.63) is 19.1 Å². The van der Waals surface area contributed by atoms with Gasteiger partial charge >= 0.3 is 19.1 Å². The van der Waals surface area contributed by atoms with Crippen LogP contribution in [0.3, 0.4) is 0 Å². The highest BCUT2D eigenvalue weighted by molar-refractivity contribution is 6.54. The molecule has 92 valence electrons. The molecule has 0 saturated carbocycles. The average Bonchev–Trinajstić information content (AvgIpc) is 2.58. The number of quaternary nitrogens is 1. The van der Waals surface area contributed by atoms with Crippen molar-refractivity contribution in [2.24, 2.45) is 0 Å². The van der Waals surface area contributed by atoms with E-state index in [0.717, 1.165) is 12.8 Å². The van der Waals surface area contributed by atoms with Crippen LogP contribution in [0.15, 0.2) is 12.1 Å². The third-order valence-electron chi connectivity index (χ3n) is 3.29. The monoisotopic (exact) mass is 237 g/mol. The van der Waals surface area contributed by atoms with Gasteiger partial charge in [0.05, 0.1) is 6.54 Å². The molecule has 0 amide bonds. The van der Waals surface area contributed by atoms with Gasteiger partial charge in [-0.2, -0.15) is 0 Å². The lowest BCUT2D eigenvalue weighted by Crippen LogP contribution is -2.56. The molecule has 0 aliphatic carbocycles. The Kier molecular flexibility index (Phi) is 3.24. The summed E-state index contributed by atoms with van der Waals surface area (Å²) in [6, 6.07) is -0.337. The van der Waals surface area contributed by atoms with Gasteiger partial charge in [0.1, 0.15) is 0 Å². The van der Waals surface area contributed by atoms with E-state index >= 15 is 0 Å². The fourth-order valence-corrected chi connectivity index (χ4v) is 2.44. The summed E-state index contributed by atoms with van der Waals surface area (Å²) >= 11 is 0. The number of fused-ring (bicyclic) bond motifs is 1. The van der Waals surface area contributed by atoms with Gasteiger partial charge in [0.15, 0.2) is 12.6 Å². The molecule has 17 heavy (non-hydrogen) atoms. The van der Waals surface area contributed by atoms with Crippen LogP contribution in [0.1, 0.15) is 19.8 Å². The van der Waals surface area contributed by atoms with Gasteiger partial charge < -0.3 is 13.8 Å². The molecule has 0 N–H and O–H groups in total. The van der Waals surface area contributed by atoms with Crippen molar-refractivity contribution < 1.29 is 23.4 Å². The summed E-state index contributed by atoms with van der Waals surface area (Å²) in [4.78, 5) is 23.6. The Hall–Kier alpha value is -1.30. The van der Waals surface area contributed by atoms with Gasteiger partial charge in [-0.15, -0.1) is 7.05 Å². The maximum Gasteiger partial charge on any atom is 0.628 e. The van der Waals surface area contributed by atoms with Crippen LogP contribution in [0, 0.1) is 7.05 Å². The Labute approximate surface area is 101 Å². The molecule has 0 aromatic carbocycles. The average molecular weight is 237 g/mol. The normalized spacial score (nSPS) is 34.0. The van der Waals surface area contributed by atoms with Crippen molar-refractivity contribution in [2.75, 3.05) is 13.1 Å². The predicted molar refractivity (Wildman–Crippen MR) is 61.1 cm³/mol. The van der Waals surface area contributed by atoms with Crippen molar-refractivity contribution >= 4 is 19.1 Å². The van der Waals surface area contributed by atoms with Gasteiger partial charge in [0.2, 0.25) is 0 Å². The first-order valence-corrected chi connectivity index (χ1v) is 5.79. The molecular weight excluding hydrogens is 221 g/mol. The lowest BCUT2D eigenvalue weighted by Gasteiger charge is -2.42. The van der Waals surface area contributed by atoms with Gasteiger partial charge in [0.25, 0.3) is 0 Å². The topological polar surface area (TPSA) is 52.6 Å². The highest BCUT2D eigenvalue weighted by Gasteiger charge is 2.45. The van der Waals surface area contributed by atoms with Crippen LogP contribution in [0.5, 0.6) is 0 Å². The zero-order valence-corrected chi connectivity index (χ0v) is 9.93. The number of hydrogen-bond donors (Lipinski definition) is 0. The highest BCUT2D eigenvalue weighted by atomic mass is 16.6. The third-order valence-corrected chi connectivity index (χ3v) is 3.29. The third kappa shape index (κ3) is 2.36. The first-order chi connectivity index (χ1) is 8.05. The molecule has 2 saturated heterocycles. The first kappa shape index (κ1) is 12.2. The Morgan fingerprint density at radius 3 is 2.94 bits per heavy atom. The molecule has 5 nitrogen and oxygen atoms in total. The number of hydrogen-bond acceptors (Lipinski definition) is 4. The maximum atomic E-state index is 11.9. The van der Waals surface area contributed by atoms with Crippen LogP contribution in [0.25, 0.3) is 0 Å². The fourth-order valence-electron chi connectivity index (χ4n) is 2.44. The maximum absolute atomic E-state index is 11.9. The molecule has 2 fully saturated rings. The molecule has 2 rings (SSSR count). The number of nitrogens with zero attached hydrogens (tertiary/aromatic N) is 1. The number of carbonyl (C=O) groups excluding carboxylic acids is 2.